The molecule has 2 rings (SSSR count). The lowest BCUT2D eigenvalue weighted by atomic mass is 10.2. The summed E-state index contributed by atoms with van der Waals surface area (Å²) in [5, 5.41) is 13.6. The molecule has 0 atom stereocenters. The van der Waals surface area contributed by atoms with Gasteiger partial charge in [-0.3, -0.25) is 0 Å². The van der Waals surface area contributed by atoms with Crippen LogP contribution in [0.1, 0.15) is 0 Å². The second-order valence-corrected chi connectivity index (χ2v) is 3.23. The smallest absolute Gasteiger partial charge is 0.172 e. The van der Waals surface area contributed by atoms with Crippen molar-refractivity contribution in [2.24, 2.45) is 0 Å². The van der Waals surface area contributed by atoms with Gasteiger partial charge in [-0.1, -0.05) is 28.4 Å². The molecule has 4 nitrogen and oxygen atoms in total. The van der Waals surface area contributed by atoms with Crippen LogP contribution in [0.3, 0.4) is 0 Å². The lowest BCUT2D eigenvalue weighted by Gasteiger charge is -1.94. The number of rotatable bonds is 1. The average Bonchev–Trinajstić information content (AvgIpc) is 2.62. The van der Waals surface area contributed by atoms with E-state index >= 15 is 0 Å². The first kappa shape index (κ1) is 8.47. The number of aromatic nitrogens is 4. The predicted octanol–water partition coefficient (Wildman–Crippen LogP) is 1.59. The monoisotopic (exact) mass is 215 g/mol. The molecule has 1 heterocycles. The van der Waals surface area contributed by atoms with E-state index in [-0.39, 0.29) is 0 Å². The minimum Gasteiger partial charge on any atom is -0.172 e. The fourth-order valence-corrected chi connectivity index (χ4v) is 1.25. The Hall–Kier alpha value is -1.13. The highest BCUT2D eigenvalue weighted by molar-refractivity contribution is 6.42. The number of halogens is 2. The minimum absolute atomic E-state index is 0.496. The maximum atomic E-state index is 5.83. The molecule has 0 amide bonds. The number of benzene rings is 1. The molecule has 0 aliphatic rings. The first-order valence-electron chi connectivity index (χ1n) is 3.51. The molecule has 0 fully saturated rings. The summed E-state index contributed by atoms with van der Waals surface area (Å²) in [6.07, 6.45) is 0. The van der Waals surface area contributed by atoms with E-state index < -0.39 is 0 Å². The first-order chi connectivity index (χ1) is 6.27. The number of H-pyrrole nitrogens is 2. The summed E-state index contributed by atoms with van der Waals surface area (Å²) in [5.74, 6) is 0.624. The Labute approximate surface area is 83.9 Å². The number of tetrazole rings is 1. The maximum absolute atomic E-state index is 5.83. The van der Waals surface area contributed by atoms with Gasteiger partial charge >= 0.3 is 5.82 Å². The van der Waals surface area contributed by atoms with E-state index in [1.54, 1.807) is 12.1 Å². The molecular formula is C7H5Cl2N4+. The van der Waals surface area contributed by atoms with Gasteiger partial charge in [-0.2, -0.15) is 5.10 Å². The molecule has 0 unspecified atom stereocenters. The van der Waals surface area contributed by atoms with Crippen molar-refractivity contribution in [2.75, 3.05) is 0 Å². The summed E-state index contributed by atoms with van der Waals surface area (Å²) >= 11 is 11.6. The van der Waals surface area contributed by atoms with Crippen LogP contribution in [-0.4, -0.2) is 15.5 Å². The van der Waals surface area contributed by atoms with Gasteiger partial charge in [0.15, 0.2) is 5.21 Å². The number of aromatic amines is 2. The van der Waals surface area contributed by atoms with Crippen LogP contribution in [0.15, 0.2) is 18.2 Å². The molecule has 0 aliphatic carbocycles. The highest BCUT2D eigenvalue weighted by atomic mass is 35.5. The standard InChI is InChI=1S/C7H4Cl2N4/c8-5-2-1-4(3-6(5)9)7-10-12-13-11-7/h1-3H,(H,10,11,12,13)/p+1. The summed E-state index contributed by atoms with van der Waals surface area (Å²) < 4.78 is 0. The Morgan fingerprint density at radius 3 is 2.69 bits per heavy atom. The van der Waals surface area contributed by atoms with Crippen molar-refractivity contribution in [3.8, 4) is 11.4 Å². The molecule has 1 aromatic heterocycles. The molecule has 2 N–H and O–H groups in total. The zero-order chi connectivity index (χ0) is 9.26. The second kappa shape index (κ2) is 3.32. The molecule has 0 spiro atoms. The van der Waals surface area contributed by atoms with Crippen molar-refractivity contribution < 1.29 is 5.10 Å². The van der Waals surface area contributed by atoms with Crippen molar-refractivity contribution in [3.63, 3.8) is 0 Å². The van der Waals surface area contributed by atoms with Gasteiger partial charge in [0.05, 0.1) is 15.6 Å². The fraction of sp³-hybridized carbons (Fsp3) is 0. The number of nitrogens with zero attached hydrogens (tertiary/aromatic N) is 2. The van der Waals surface area contributed by atoms with Crippen LogP contribution in [0.5, 0.6) is 0 Å². The van der Waals surface area contributed by atoms with Crippen LogP contribution in [0, 0.1) is 0 Å². The van der Waals surface area contributed by atoms with E-state index in [9.17, 15) is 0 Å². The molecule has 66 valence electrons. The lowest BCUT2D eigenvalue weighted by molar-refractivity contribution is -0.444. The molecule has 1 aromatic carbocycles. The van der Waals surface area contributed by atoms with Gasteiger partial charge in [0, 0.05) is 0 Å². The largest absolute Gasteiger partial charge is 0.329 e. The van der Waals surface area contributed by atoms with Crippen molar-refractivity contribution >= 4 is 23.2 Å². The quantitative estimate of drug-likeness (QED) is 0.786. The van der Waals surface area contributed by atoms with E-state index in [1.807, 2.05) is 6.07 Å². The maximum Gasteiger partial charge on any atom is 0.329 e. The van der Waals surface area contributed by atoms with Crippen LogP contribution in [0.4, 0.5) is 0 Å². The van der Waals surface area contributed by atoms with Crippen LogP contribution < -0.4 is 5.10 Å². The molecular weight excluding hydrogens is 211 g/mol. The number of nitrogens with one attached hydrogen (secondary N) is 2. The van der Waals surface area contributed by atoms with Gasteiger partial charge in [-0.05, 0) is 18.2 Å². The fourth-order valence-electron chi connectivity index (χ4n) is 0.951. The number of hydrogen-bond acceptors (Lipinski definition) is 2. The third-order valence-electron chi connectivity index (χ3n) is 1.57. The highest BCUT2D eigenvalue weighted by Crippen LogP contribution is 2.25. The summed E-state index contributed by atoms with van der Waals surface area (Å²) in [6.45, 7) is 0. The van der Waals surface area contributed by atoms with E-state index in [0.29, 0.717) is 15.9 Å². The molecule has 0 aliphatic heterocycles. The molecule has 0 bridgehead atoms. The Bertz CT molecular complexity index is 412. The SMILES string of the molecule is Clc1ccc(-c2nn[nH][nH+]2)cc1Cl. The van der Waals surface area contributed by atoms with Crippen molar-refractivity contribution in [1.29, 1.82) is 0 Å². The third-order valence-corrected chi connectivity index (χ3v) is 2.31. The summed E-state index contributed by atoms with van der Waals surface area (Å²) in [7, 11) is 0. The molecule has 6 heteroatoms. The molecule has 0 saturated carbocycles. The second-order valence-electron chi connectivity index (χ2n) is 2.41. The van der Waals surface area contributed by atoms with Gasteiger partial charge in [0.2, 0.25) is 0 Å². The molecule has 2 aromatic rings. The lowest BCUT2D eigenvalue weighted by Crippen LogP contribution is -2.05. The molecule has 0 saturated heterocycles. The van der Waals surface area contributed by atoms with Crippen LogP contribution in [0.2, 0.25) is 10.0 Å². The summed E-state index contributed by atoms with van der Waals surface area (Å²) in [6, 6.07) is 5.24. The Morgan fingerprint density at radius 2 is 2.08 bits per heavy atom. The van der Waals surface area contributed by atoms with E-state index in [1.165, 1.54) is 0 Å². The van der Waals surface area contributed by atoms with Crippen molar-refractivity contribution in [2.45, 2.75) is 0 Å². The predicted molar refractivity (Wildman–Crippen MR) is 48.4 cm³/mol. The van der Waals surface area contributed by atoms with E-state index in [0.717, 1.165) is 5.56 Å². The topological polar surface area (TPSA) is 55.7 Å². The summed E-state index contributed by atoms with van der Waals surface area (Å²) in [5.41, 5.74) is 0.836. The Kier molecular flexibility index (Phi) is 2.16. The van der Waals surface area contributed by atoms with Crippen LogP contribution >= 0.6 is 23.2 Å². The van der Waals surface area contributed by atoms with Crippen LogP contribution in [0.25, 0.3) is 11.4 Å². The Morgan fingerprint density at radius 1 is 1.23 bits per heavy atom. The van der Waals surface area contributed by atoms with E-state index in [4.69, 9.17) is 23.2 Å². The minimum atomic E-state index is 0.496. The summed E-state index contributed by atoms with van der Waals surface area (Å²) in [4.78, 5) is 0. The molecule has 13 heavy (non-hydrogen) atoms. The zero-order valence-electron chi connectivity index (χ0n) is 6.38. The van der Waals surface area contributed by atoms with Gasteiger partial charge in [-0.15, -0.1) is 0 Å². The van der Waals surface area contributed by atoms with Gasteiger partial charge < -0.3 is 0 Å². The van der Waals surface area contributed by atoms with E-state index in [2.05, 4.69) is 20.6 Å². The third kappa shape index (κ3) is 1.64. The first-order valence-corrected chi connectivity index (χ1v) is 4.27. The van der Waals surface area contributed by atoms with Crippen molar-refractivity contribution in [3.05, 3.63) is 28.2 Å². The normalized spacial score (nSPS) is 10.3. The van der Waals surface area contributed by atoms with Crippen molar-refractivity contribution in [1.82, 2.24) is 15.5 Å². The van der Waals surface area contributed by atoms with Crippen LogP contribution in [-0.2, 0) is 0 Å². The molecule has 0 radical (unpaired) electrons. The van der Waals surface area contributed by atoms with Gasteiger partial charge in [-0.25, -0.2) is 0 Å². The highest BCUT2D eigenvalue weighted by Gasteiger charge is 2.10. The average molecular weight is 216 g/mol. The number of hydrogen-bond donors (Lipinski definition) is 1. The van der Waals surface area contributed by atoms with Gasteiger partial charge in [0.1, 0.15) is 5.10 Å². The van der Waals surface area contributed by atoms with Gasteiger partial charge in [0.25, 0.3) is 0 Å². The zero-order valence-corrected chi connectivity index (χ0v) is 7.89. The Balaban J connectivity index is 2.49.